The maximum atomic E-state index is 12.1. The van der Waals surface area contributed by atoms with Gasteiger partial charge in [0.2, 0.25) is 10.0 Å². The van der Waals surface area contributed by atoms with Gasteiger partial charge >= 0.3 is 5.97 Å². The lowest BCUT2D eigenvalue weighted by atomic mass is 10.2. The summed E-state index contributed by atoms with van der Waals surface area (Å²) in [4.78, 5) is 11.2. The molecule has 0 amide bonds. The molecule has 1 aliphatic carbocycles. The van der Waals surface area contributed by atoms with Gasteiger partial charge in [-0.2, -0.15) is 0 Å². The number of carboxylic acid groups (broad SMARTS) is 1. The summed E-state index contributed by atoms with van der Waals surface area (Å²) in [5.74, 6) is -1.12. The fourth-order valence-corrected chi connectivity index (χ4v) is 3.23. The summed E-state index contributed by atoms with van der Waals surface area (Å²) in [5.41, 5.74) is 0.0122. The second-order valence-electron chi connectivity index (χ2n) is 5.19. The van der Waals surface area contributed by atoms with Gasteiger partial charge in [0.25, 0.3) is 0 Å². The summed E-state index contributed by atoms with van der Waals surface area (Å²) in [6, 6.07) is 1.31. The lowest BCUT2D eigenvalue weighted by Gasteiger charge is -2.04. The number of nitrogens with one attached hydrogen (secondary N) is 1. The van der Waals surface area contributed by atoms with E-state index >= 15 is 0 Å². The van der Waals surface area contributed by atoms with Crippen LogP contribution >= 0.6 is 0 Å². The van der Waals surface area contributed by atoms with Gasteiger partial charge in [0.15, 0.2) is 0 Å². The highest BCUT2D eigenvalue weighted by Gasteiger charge is 2.30. The summed E-state index contributed by atoms with van der Waals surface area (Å²) < 4.78 is 28.2. The average Bonchev–Trinajstić information content (AvgIpc) is 3.16. The van der Waals surface area contributed by atoms with E-state index in [2.05, 4.69) is 4.72 Å². The van der Waals surface area contributed by atoms with Crippen LogP contribution in [0.5, 0.6) is 0 Å². The summed E-state index contributed by atoms with van der Waals surface area (Å²) in [6.45, 7) is 0.373. The van der Waals surface area contributed by atoms with E-state index in [1.54, 1.807) is 0 Å². The van der Waals surface area contributed by atoms with Crippen molar-refractivity contribution in [1.29, 1.82) is 0 Å². The number of aliphatic hydroxyl groups excluding tert-OH is 1. The summed E-state index contributed by atoms with van der Waals surface area (Å²) in [7, 11) is -3.69. The van der Waals surface area contributed by atoms with Crippen molar-refractivity contribution in [1.82, 2.24) is 9.29 Å². The number of sulfonamides is 1. The lowest BCUT2D eigenvalue weighted by Crippen LogP contribution is -2.24. The topological polar surface area (TPSA) is 109 Å². The maximum absolute atomic E-state index is 12.1. The first-order valence-corrected chi connectivity index (χ1v) is 8.49. The number of rotatable bonds is 9. The van der Waals surface area contributed by atoms with E-state index in [1.807, 2.05) is 0 Å². The highest BCUT2D eigenvalue weighted by atomic mass is 32.2. The fraction of sp³-hybridized carbons (Fsp3) is 0.615. The number of hydrogen-bond donors (Lipinski definition) is 3. The van der Waals surface area contributed by atoms with Crippen LogP contribution in [0.25, 0.3) is 0 Å². The van der Waals surface area contributed by atoms with Crippen molar-refractivity contribution in [2.24, 2.45) is 0 Å². The number of hydrogen-bond acceptors (Lipinski definition) is 4. The van der Waals surface area contributed by atoms with E-state index in [0.717, 1.165) is 19.3 Å². The van der Waals surface area contributed by atoms with E-state index in [0.29, 0.717) is 12.8 Å². The highest BCUT2D eigenvalue weighted by Crippen LogP contribution is 2.37. The molecule has 1 heterocycles. The van der Waals surface area contributed by atoms with Gasteiger partial charge < -0.3 is 14.8 Å². The number of aromatic nitrogens is 1. The highest BCUT2D eigenvalue weighted by molar-refractivity contribution is 7.89. The van der Waals surface area contributed by atoms with Crippen molar-refractivity contribution in [3.05, 3.63) is 18.0 Å². The molecule has 0 unspecified atom stereocenters. The number of unbranched alkanes of at least 4 members (excludes halogenated alkanes) is 2. The largest absolute Gasteiger partial charge is 0.477 e. The van der Waals surface area contributed by atoms with Gasteiger partial charge in [-0.15, -0.1) is 0 Å². The van der Waals surface area contributed by atoms with E-state index in [-0.39, 0.29) is 29.8 Å². The Balaban J connectivity index is 2.05. The molecule has 7 nitrogen and oxygen atoms in total. The molecule has 118 valence electrons. The number of nitrogens with zero attached hydrogens (tertiary/aromatic N) is 1. The minimum Gasteiger partial charge on any atom is -0.477 e. The van der Waals surface area contributed by atoms with Gasteiger partial charge in [0, 0.05) is 25.4 Å². The average molecular weight is 316 g/mol. The zero-order valence-electron chi connectivity index (χ0n) is 11.7. The minimum atomic E-state index is -3.69. The van der Waals surface area contributed by atoms with Crippen molar-refractivity contribution >= 4 is 16.0 Å². The molecule has 0 bridgehead atoms. The van der Waals surface area contributed by atoms with Crippen LogP contribution < -0.4 is 4.72 Å². The van der Waals surface area contributed by atoms with Crippen LogP contribution in [-0.2, 0) is 10.0 Å². The Morgan fingerprint density at radius 1 is 1.33 bits per heavy atom. The Bertz CT molecular complexity index is 604. The summed E-state index contributed by atoms with van der Waals surface area (Å²) >= 11 is 0. The molecular formula is C13H20N2O5S. The Kier molecular flexibility index (Phi) is 5.02. The van der Waals surface area contributed by atoms with Crippen LogP contribution in [0.2, 0.25) is 0 Å². The smallest absolute Gasteiger partial charge is 0.352 e. The molecule has 2 rings (SSSR count). The molecule has 0 radical (unpaired) electrons. The molecule has 0 aromatic carbocycles. The van der Waals surface area contributed by atoms with Crippen molar-refractivity contribution in [2.45, 2.75) is 43.0 Å². The van der Waals surface area contributed by atoms with E-state index in [1.165, 1.54) is 16.8 Å². The molecule has 0 spiro atoms. The number of aromatic carboxylic acids is 1. The molecule has 21 heavy (non-hydrogen) atoms. The van der Waals surface area contributed by atoms with Crippen LogP contribution in [0, 0.1) is 0 Å². The van der Waals surface area contributed by atoms with Crippen LogP contribution in [0.1, 0.15) is 48.6 Å². The maximum Gasteiger partial charge on any atom is 0.352 e. The Hall–Kier alpha value is -1.38. The third-order valence-electron chi connectivity index (χ3n) is 3.42. The summed E-state index contributed by atoms with van der Waals surface area (Å²) in [5, 5.41) is 17.8. The Labute approximate surface area is 123 Å². The monoisotopic (exact) mass is 316 g/mol. The SMILES string of the molecule is O=C(O)c1cc(S(=O)(=O)NCCCCCO)cn1C1CC1. The van der Waals surface area contributed by atoms with Gasteiger partial charge in [-0.25, -0.2) is 17.9 Å². The zero-order valence-corrected chi connectivity index (χ0v) is 12.5. The van der Waals surface area contributed by atoms with Crippen molar-refractivity contribution < 1.29 is 23.4 Å². The Morgan fingerprint density at radius 3 is 2.62 bits per heavy atom. The molecule has 1 aliphatic rings. The van der Waals surface area contributed by atoms with E-state index < -0.39 is 16.0 Å². The minimum absolute atomic E-state index is 0.00559. The molecule has 0 atom stereocenters. The fourth-order valence-electron chi connectivity index (χ4n) is 2.13. The van der Waals surface area contributed by atoms with Gasteiger partial charge in [-0.1, -0.05) is 0 Å². The first-order chi connectivity index (χ1) is 9.95. The zero-order chi connectivity index (χ0) is 15.5. The number of carbonyl (C=O) groups is 1. The van der Waals surface area contributed by atoms with Crippen LogP contribution in [0.4, 0.5) is 0 Å². The van der Waals surface area contributed by atoms with E-state index in [9.17, 15) is 13.2 Å². The first kappa shape index (κ1) is 16.0. The molecule has 0 saturated heterocycles. The lowest BCUT2D eigenvalue weighted by molar-refractivity contribution is 0.0685. The molecule has 1 aromatic rings. The normalized spacial score (nSPS) is 15.3. The summed E-state index contributed by atoms with van der Waals surface area (Å²) in [6.07, 6.45) is 5.17. The third kappa shape index (κ3) is 4.05. The third-order valence-corrected chi connectivity index (χ3v) is 4.85. The van der Waals surface area contributed by atoms with Gasteiger partial charge in [0.05, 0.1) is 0 Å². The molecule has 1 fully saturated rings. The molecule has 1 saturated carbocycles. The van der Waals surface area contributed by atoms with Crippen molar-refractivity contribution in [3.8, 4) is 0 Å². The first-order valence-electron chi connectivity index (χ1n) is 7.01. The van der Waals surface area contributed by atoms with Crippen molar-refractivity contribution in [3.63, 3.8) is 0 Å². The molecule has 1 aromatic heterocycles. The molecule has 3 N–H and O–H groups in total. The Morgan fingerprint density at radius 2 is 2.05 bits per heavy atom. The standard InChI is InChI=1S/C13H20N2O5S/c16-7-3-1-2-6-14-21(19,20)11-8-12(13(17)18)15(9-11)10-4-5-10/h8-10,14,16H,1-7H2,(H,17,18). The van der Waals surface area contributed by atoms with Crippen LogP contribution in [0.3, 0.4) is 0 Å². The van der Waals surface area contributed by atoms with Gasteiger partial charge in [-0.3, -0.25) is 0 Å². The molecular weight excluding hydrogens is 296 g/mol. The van der Waals surface area contributed by atoms with Gasteiger partial charge in [0.1, 0.15) is 10.6 Å². The van der Waals surface area contributed by atoms with Crippen LogP contribution in [-0.4, -0.2) is 42.3 Å². The number of aliphatic hydroxyl groups is 1. The van der Waals surface area contributed by atoms with E-state index in [4.69, 9.17) is 10.2 Å². The van der Waals surface area contributed by atoms with Crippen molar-refractivity contribution in [2.75, 3.05) is 13.2 Å². The van der Waals surface area contributed by atoms with Gasteiger partial charge in [-0.05, 0) is 38.2 Å². The predicted octanol–water partition coefficient (Wildman–Crippen LogP) is 0.962. The second-order valence-corrected chi connectivity index (χ2v) is 6.95. The predicted molar refractivity (Wildman–Crippen MR) is 75.8 cm³/mol. The quantitative estimate of drug-likeness (QED) is 0.588. The van der Waals surface area contributed by atoms with Crippen LogP contribution in [0.15, 0.2) is 17.2 Å². The molecule has 0 aliphatic heterocycles. The number of carboxylic acids is 1. The molecule has 8 heteroatoms. The second kappa shape index (κ2) is 6.59.